The van der Waals surface area contributed by atoms with Gasteiger partial charge in [-0.2, -0.15) is 0 Å². The van der Waals surface area contributed by atoms with Gasteiger partial charge in [-0.1, -0.05) is 30.3 Å². The molecule has 1 amide bonds. The number of aromatic amines is 1. The van der Waals surface area contributed by atoms with E-state index in [0.29, 0.717) is 13.0 Å². The van der Waals surface area contributed by atoms with Gasteiger partial charge in [0, 0.05) is 37.8 Å². The number of hydrogen-bond acceptors (Lipinski definition) is 3. The molecular formula is C17H22N4O. The van der Waals surface area contributed by atoms with Crippen molar-refractivity contribution >= 4 is 5.91 Å². The first-order valence-corrected chi connectivity index (χ1v) is 7.76. The number of aromatic nitrogens is 2. The Hall–Kier alpha value is -2.14. The van der Waals surface area contributed by atoms with Crippen molar-refractivity contribution in [3.63, 3.8) is 0 Å². The van der Waals surface area contributed by atoms with Gasteiger partial charge in [-0.15, -0.1) is 0 Å². The highest BCUT2D eigenvalue weighted by molar-refractivity contribution is 5.79. The Morgan fingerprint density at radius 1 is 1.36 bits per heavy atom. The van der Waals surface area contributed by atoms with Crippen molar-refractivity contribution in [2.45, 2.75) is 32.4 Å². The number of amides is 1. The number of carbonyl (C=O) groups excluding carboxylic acids is 1. The number of carbonyl (C=O) groups is 1. The van der Waals surface area contributed by atoms with Crippen LogP contribution >= 0.6 is 0 Å². The summed E-state index contributed by atoms with van der Waals surface area (Å²) in [4.78, 5) is 21.4. The lowest BCUT2D eigenvalue weighted by Gasteiger charge is -2.17. The van der Waals surface area contributed by atoms with Crippen LogP contribution in [0.2, 0.25) is 0 Å². The summed E-state index contributed by atoms with van der Waals surface area (Å²) in [7, 11) is 0. The molecule has 1 aliphatic heterocycles. The molecule has 1 aromatic carbocycles. The van der Waals surface area contributed by atoms with Gasteiger partial charge in [-0.05, 0) is 18.9 Å². The zero-order valence-electron chi connectivity index (χ0n) is 12.9. The summed E-state index contributed by atoms with van der Waals surface area (Å²) in [6.45, 7) is 4.30. The molecule has 0 radical (unpaired) electrons. The molecule has 0 bridgehead atoms. The Bertz CT molecular complexity index is 623. The van der Waals surface area contributed by atoms with Crippen LogP contribution in [0.3, 0.4) is 0 Å². The van der Waals surface area contributed by atoms with Crippen molar-refractivity contribution in [1.29, 1.82) is 0 Å². The quantitative estimate of drug-likeness (QED) is 0.852. The fourth-order valence-corrected chi connectivity index (χ4v) is 2.84. The van der Waals surface area contributed by atoms with Gasteiger partial charge < -0.3 is 15.2 Å². The molecule has 1 aliphatic rings. The molecule has 5 heteroatoms. The smallest absolute Gasteiger partial charge is 0.224 e. The fraction of sp³-hybridized carbons (Fsp3) is 0.412. The molecule has 22 heavy (non-hydrogen) atoms. The van der Waals surface area contributed by atoms with E-state index in [9.17, 15) is 4.79 Å². The Morgan fingerprint density at radius 2 is 2.18 bits per heavy atom. The lowest BCUT2D eigenvalue weighted by molar-refractivity contribution is -0.127. The molecule has 1 aromatic heterocycles. The van der Waals surface area contributed by atoms with Gasteiger partial charge in [0.05, 0.1) is 12.0 Å². The predicted molar refractivity (Wildman–Crippen MR) is 85.3 cm³/mol. The number of aryl methyl sites for hydroxylation is 1. The first-order chi connectivity index (χ1) is 10.7. The lowest BCUT2D eigenvalue weighted by atomic mass is 10.1. The molecule has 1 fully saturated rings. The van der Waals surface area contributed by atoms with Crippen LogP contribution < -0.4 is 5.32 Å². The second kappa shape index (κ2) is 6.75. The third kappa shape index (κ3) is 3.54. The molecule has 2 aromatic rings. The summed E-state index contributed by atoms with van der Waals surface area (Å²) >= 11 is 0. The van der Waals surface area contributed by atoms with Crippen molar-refractivity contribution in [1.82, 2.24) is 20.2 Å². The Morgan fingerprint density at radius 3 is 2.91 bits per heavy atom. The zero-order valence-corrected chi connectivity index (χ0v) is 12.9. The number of nitrogens with one attached hydrogen (secondary N) is 2. The maximum Gasteiger partial charge on any atom is 0.224 e. The first kappa shape index (κ1) is 14.8. The minimum Gasteiger partial charge on any atom is -0.348 e. The maximum atomic E-state index is 12.1. The van der Waals surface area contributed by atoms with Crippen LogP contribution in [0.4, 0.5) is 0 Å². The topological polar surface area (TPSA) is 61.0 Å². The highest BCUT2D eigenvalue weighted by atomic mass is 16.2. The predicted octanol–water partition coefficient (Wildman–Crippen LogP) is 1.65. The molecule has 1 saturated heterocycles. The number of imidazole rings is 1. The van der Waals surface area contributed by atoms with E-state index in [4.69, 9.17) is 0 Å². The van der Waals surface area contributed by atoms with Crippen molar-refractivity contribution in [2.24, 2.45) is 0 Å². The average molecular weight is 298 g/mol. The third-order valence-corrected chi connectivity index (χ3v) is 4.22. The Balaban J connectivity index is 1.47. The summed E-state index contributed by atoms with van der Waals surface area (Å²) in [6.07, 6.45) is 3.20. The summed E-state index contributed by atoms with van der Waals surface area (Å²) in [5.74, 6) is 0.243. The highest BCUT2D eigenvalue weighted by Crippen LogP contribution is 2.13. The molecule has 2 heterocycles. The molecule has 0 unspecified atom stereocenters. The van der Waals surface area contributed by atoms with Gasteiger partial charge in [0.15, 0.2) is 0 Å². The SMILES string of the molecule is Cc1[nH]cnc1CN[C@H]1CC(=O)N(CCc2ccccc2)C1. The van der Waals surface area contributed by atoms with Crippen LogP contribution in [-0.4, -0.2) is 39.9 Å². The van der Waals surface area contributed by atoms with E-state index >= 15 is 0 Å². The molecule has 5 nitrogen and oxygen atoms in total. The average Bonchev–Trinajstić information content (AvgIpc) is 3.10. The summed E-state index contributed by atoms with van der Waals surface area (Å²) in [5.41, 5.74) is 3.38. The minimum atomic E-state index is 0.222. The van der Waals surface area contributed by atoms with Gasteiger partial charge in [0.2, 0.25) is 5.91 Å². The van der Waals surface area contributed by atoms with Gasteiger partial charge in [-0.3, -0.25) is 4.79 Å². The summed E-state index contributed by atoms with van der Waals surface area (Å²) in [5, 5.41) is 3.44. The number of likely N-dealkylation sites (tertiary alicyclic amines) is 1. The van der Waals surface area contributed by atoms with Gasteiger partial charge >= 0.3 is 0 Å². The van der Waals surface area contributed by atoms with Crippen LogP contribution in [0.15, 0.2) is 36.7 Å². The van der Waals surface area contributed by atoms with Crippen LogP contribution in [0, 0.1) is 6.92 Å². The number of H-pyrrole nitrogens is 1. The van der Waals surface area contributed by atoms with E-state index < -0.39 is 0 Å². The molecular weight excluding hydrogens is 276 g/mol. The van der Waals surface area contributed by atoms with Crippen LogP contribution in [0.1, 0.15) is 23.4 Å². The normalized spacial score (nSPS) is 18.1. The second-order valence-corrected chi connectivity index (χ2v) is 5.83. The lowest BCUT2D eigenvalue weighted by Crippen LogP contribution is -2.33. The summed E-state index contributed by atoms with van der Waals surface area (Å²) in [6, 6.07) is 10.5. The van der Waals surface area contributed by atoms with Crippen molar-refractivity contribution in [2.75, 3.05) is 13.1 Å². The maximum absolute atomic E-state index is 12.1. The molecule has 1 atom stereocenters. The van der Waals surface area contributed by atoms with Crippen molar-refractivity contribution < 1.29 is 4.79 Å². The number of nitrogens with zero attached hydrogens (tertiary/aromatic N) is 2. The summed E-state index contributed by atoms with van der Waals surface area (Å²) < 4.78 is 0. The fourth-order valence-electron chi connectivity index (χ4n) is 2.84. The third-order valence-electron chi connectivity index (χ3n) is 4.22. The molecule has 2 N–H and O–H groups in total. The van der Waals surface area contributed by atoms with Crippen LogP contribution in [0.5, 0.6) is 0 Å². The van der Waals surface area contributed by atoms with Crippen molar-refractivity contribution in [3.05, 3.63) is 53.6 Å². The van der Waals surface area contributed by atoms with Gasteiger partial charge in [0.1, 0.15) is 0 Å². The number of rotatable bonds is 6. The van der Waals surface area contributed by atoms with Crippen molar-refractivity contribution in [3.8, 4) is 0 Å². The van der Waals surface area contributed by atoms with Gasteiger partial charge in [-0.25, -0.2) is 4.98 Å². The van der Waals surface area contributed by atoms with E-state index in [2.05, 4.69) is 27.4 Å². The van der Waals surface area contributed by atoms with E-state index in [1.165, 1.54) is 5.56 Å². The molecule has 0 spiro atoms. The number of benzene rings is 1. The van der Waals surface area contributed by atoms with Gasteiger partial charge in [0.25, 0.3) is 0 Å². The Kier molecular flexibility index (Phi) is 4.53. The van der Waals surface area contributed by atoms with Crippen LogP contribution in [0.25, 0.3) is 0 Å². The largest absolute Gasteiger partial charge is 0.348 e. The molecule has 0 aliphatic carbocycles. The Labute approximate surface area is 130 Å². The molecule has 0 saturated carbocycles. The van der Waals surface area contributed by atoms with E-state index in [0.717, 1.165) is 30.9 Å². The number of hydrogen-bond donors (Lipinski definition) is 2. The highest BCUT2D eigenvalue weighted by Gasteiger charge is 2.28. The van der Waals surface area contributed by atoms with E-state index in [-0.39, 0.29) is 11.9 Å². The van der Waals surface area contributed by atoms with E-state index in [1.807, 2.05) is 30.0 Å². The van der Waals surface area contributed by atoms with E-state index in [1.54, 1.807) is 6.33 Å². The molecule has 3 rings (SSSR count). The standard InChI is InChI=1S/C17H22N4O/c1-13-16(20-12-19-13)10-18-15-9-17(22)21(11-15)8-7-14-5-3-2-4-6-14/h2-6,12,15,18H,7-11H2,1H3,(H,19,20)/t15-/m0/s1. The minimum absolute atomic E-state index is 0.222. The monoisotopic (exact) mass is 298 g/mol. The first-order valence-electron chi connectivity index (χ1n) is 7.76. The zero-order chi connectivity index (χ0) is 15.4. The second-order valence-electron chi connectivity index (χ2n) is 5.83. The van der Waals surface area contributed by atoms with Crippen LogP contribution in [-0.2, 0) is 17.8 Å². The molecule has 116 valence electrons.